The Kier molecular flexibility index (Phi) is 8.39. The first kappa shape index (κ1) is 22.1. The quantitative estimate of drug-likeness (QED) is 0.466. The lowest BCUT2D eigenvalue weighted by molar-refractivity contribution is -0.0498. The molecule has 156 valence electrons. The predicted molar refractivity (Wildman–Crippen MR) is 106 cm³/mol. The van der Waals surface area contributed by atoms with Crippen molar-refractivity contribution >= 4 is 12.1 Å². The van der Waals surface area contributed by atoms with Crippen LogP contribution in [0.25, 0.3) is 0 Å². The van der Waals surface area contributed by atoms with Crippen LogP contribution in [0.4, 0.5) is 8.78 Å². The molecule has 0 saturated heterocycles. The van der Waals surface area contributed by atoms with E-state index in [1.165, 1.54) is 25.5 Å². The third-order valence-electron chi connectivity index (χ3n) is 3.86. The van der Waals surface area contributed by atoms with Crippen LogP contribution in [0, 0.1) is 5.92 Å². The summed E-state index contributed by atoms with van der Waals surface area (Å²) in [4.78, 5) is 12.3. The Bertz CT molecular complexity index is 824. The third-order valence-corrected chi connectivity index (χ3v) is 3.86. The molecule has 0 aliphatic carbocycles. The molecule has 8 heteroatoms. The number of rotatable bonds is 10. The molecular weight excluding hydrogens is 382 g/mol. The Morgan fingerprint density at radius 3 is 2.48 bits per heavy atom. The van der Waals surface area contributed by atoms with Crippen molar-refractivity contribution in [2.45, 2.75) is 26.9 Å². The molecule has 1 N–H and O–H groups in total. The summed E-state index contributed by atoms with van der Waals surface area (Å²) < 4.78 is 39.5. The highest BCUT2D eigenvalue weighted by atomic mass is 19.3. The number of nitrogens with zero attached hydrogens (tertiary/aromatic N) is 1. The zero-order valence-electron chi connectivity index (χ0n) is 16.5. The van der Waals surface area contributed by atoms with Crippen LogP contribution in [0.1, 0.15) is 36.2 Å². The number of hydrogen-bond donors (Lipinski definition) is 1. The van der Waals surface area contributed by atoms with Gasteiger partial charge in [0.2, 0.25) is 0 Å². The third kappa shape index (κ3) is 7.40. The first-order chi connectivity index (χ1) is 13.9. The SMILES string of the molecule is COc1cc(C(=O)N/N=C/c2ccc(OC(F)F)cc2)ccc1OCCC(C)C. The zero-order chi connectivity index (χ0) is 21.2. The lowest BCUT2D eigenvalue weighted by atomic mass is 10.1. The fraction of sp³-hybridized carbons (Fsp3) is 0.333. The minimum absolute atomic E-state index is 0.0454. The highest BCUT2D eigenvalue weighted by Crippen LogP contribution is 2.28. The van der Waals surface area contributed by atoms with Crippen LogP contribution in [-0.4, -0.2) is 32.4 Å². The molecule has 0 atom stereocenters. The minimum atomic E-state index is -2.88. The molecule has 29 heavy (non-hydrogen) atoms. The number of ether oxygens (including phenoxy) is 3. The van der Waals surface area contributed by atoms with Gasteiger partial charge in [-0.05, 0) is 60.4 Å². The number of alkyl halides is 2. The van der Waals surface area contributed by atoms with Gasteiger partial charge in [0, 0.05) is 5.56 Å². The van der Waals surface area contributed by atoms with Crippen molar-refractivity contribution in [3.8, 4) is 17.2 Å². The molecule has 1 amide bonds. The fourth-order valence-electron chi connectivity index (χ4n) is 2.30. The van der Waals surface area contributed by atoms with Crippen molar-refractivity contribution in [3.05, 3.63) is 53.6 Å². The van der Waals surface area contributed by atoms with Crippen LogP contribution in [0.5, 0.6) is 17.2 Å². The van der Waals surface area contributed by atoms with E-state index >= 15 is 0 Å². The molecule has 0 heterocycles. The van der Waals surface area contributed by atoms with E-state index in [9.17, 15) is 13.6 Å². The lowest BCUT2D eigenvalue weighted by Gasteiger charge is -2.12. The van der Waals surface area contributed by atoms with E-state index in [-0.39, 0.29) is 5.75 Å². The zero-order valence-corrected chi connectivity index (χ0v) is 16.5. The van der Waals surface area contributed by atoms with Crippen LogP contribution in [0.2, 0.25) is 0 Å². The van der Waals surface area contributed by atoms with Crippen LogP contribution >= 0.6 is 0 Å². The van der Waals surface area contributed by atoms with E-state index in [0.29, 0.717) is 35.2 Å². The van der Waals surface area contributed by atoms with E-state index < -0.39 is 12.5 Å². The molecule has 0 bridgehead atoms. The smallest absolute Gasteiger partial charge is 0.387 e. The highest BCUT2D eigenvalue weighted by molar-refractivity contribution is 5.95. The van der Waals surface area contributed by atoms with Gasteiger partial charge in [0.15, 0.2) is 11.5 Å². The number of benzene rings is 2. The van der Waals surface area contributed by atoms with Gasteiger partial charge in [0.25, 0.3) is 5.91 Å². The number of hydrazone groups is 1. The average Bonchev–Trinajstić information content (AvgIpc) is 2.68. The maximum atomic E-state index is 12.3. The molecule has 2 rings (SSSR count). The van der Waals surface area contributed by atoms with Crippen LogP contribution < -0.4 is 19.6 Å². The topological polar surface area (TPSA) is 69.2 Å². The van der Waals surface area contributed by atoms with Gasteiger partial charge < -0.3 is 14.2 Å². The molecule has 0 unspecified atom stereocenters. The van der Waals surface area contributed by atoms with E-state index in [0.717, 1.165) is 6.42 Å². The fourth-order valence-corrected chi connectivity index (χ4v) is 2.30. The van der Waals surface area contributed by atoms with Gasteiger partial charge in [-0.2, -0.15) is 13.9 Å². The average molecular weight is 406 g/mol. The molecule has 0 radical (unpaired) electrons. The maximum absolute atomic E-state index is 12.3. The summed E-state index contributed by atoms with van der Waals surface area (Å²) in [5.41, 5.74) is 3.37. The first-order valence-electron chi connectivity index (χ1n) is 9.08. The number of halogens is 2. The minimum Gasteiger partial charge on any atom is -0.493 e. The largest absolute Gasteiger partial charge is 0.493 e. The predicted octanol–water partition coefficient (Wildman–Crippen LogP) is 4.49. The van der Waals surface area contributed by atoms with Gasteiger partial charge in [-0.3, -0.25) is 4.79 Å². The number of nitrogens with one attached hydrogen (secondary N) is 1. The number of carbonyl (C=O) groups excluding carboxylic acids is 1. The number of amides is 1. The van der Waals surface area contributed by atoms with Crippen molar-refractivity contribution in [2.24, 2.45) is 11.0 Å². The standard InChI is InChI=1S/C21H24F2N2O4/c1-14(2)10-11-28-18-9-6-16(12-19(18)27-3)20(26)25-24-13-15-4-7-17(8-5-15)29-21(22)23/h4-9,12-14,21H,10-11H2,1-3H3,(H,25,26)/b24-13+. The molecule has 6 nitrogen and oxygen atoms in total. The van der Waals surface area contributed by atoms with E-state index in [4.69, 9.17) is 9.47 Å². The first-order valence-corrected chi connectivity index (χ1v) is 9.08. The number of methoxy groups -OCH3 is 1. The Balaban J connectivity index is 1.95. The molecule has 0 aliphatic rings. The van der Waals surface area contributed by atoms with Crippen molar-refractivity contribution in [1.29, 1.82) is 0 Å². The van der Waals surface area contributed by atoms with Gasteiger partial charge >= 0.3 is 6.61 Å². The summed E-state index contributed by atoms with van der Waals surface area (Å²) in [6.07, 6.45) is 2.31. The maximum Gasteiger partial charge on any atom is 0.387 e. The normalized spacial score (nSPS) is 11.1. The summed E-state index contributed by atoms with van der Waals surface area (Å²) in [6, 6.07) is 10.7. The molecule has 0 spiro atoms. The van der Waals surface area contributed by atoms with E-state index in [1.54, 1.807) is 30.3 Å². The van der Waals surface area contributed by atoms with Crippen LogP contribution in [0.3, 0.4) is 0 Å². The summed E-state index contributed by atoms with van der Waals surface area (Å²) in [6.45, 7) is 1.91. The molecule has 0 aliphatic heterocycles. The number of hydrogen-bond acceptors (Lipinski definition) is 5. The van der Waals surface area contributed by atoms with Crippen molar-refractivity contribution in [1.82, 2.24) is 5.43 Å². The Hall–Kier alpha value is -3.16. The second-order valence-electron chi connectivity index (χ2n) is 6.54. The summed E-state index contributed by atoms with van der Waals surface area (Å²) in [5.74, 6) is 1.17. The Morgan fingerprint density at radius 1 is 1.14 bits per heavy atom. The summed E-state index contributed by atoms with van der Waals surface area (Å²) in [7, 11) is 1.51. The van der Waals surface area contributed by atoms with Gasteiger partial charge in [0.05, 0.1) is 19.9 Å². The molecule has 0 saturated carbocycles. The summed E-state index contributed by atoms with van der Waals surface area (Å²) >= 11 is 0. The Morgan fingerprint density at radius 2 is 1.86 bits per heavy atom. The monoisotopic (exact) mass is 406 g/mol. The Labute approximate surface area is 168 Å². The molecule has 0 aromatic heterocycles. The van der Waals surface area contributed by atoms with E-state index in [2.05, 4.69) is 29.1 Å². The second-order valence-corrected chi connectivity index (χ2v) is 6.54. The second kappa shape index (κ2) is 11.0. The van der Waals surface area contributed by atoms with Gasteiger partial charge in [-0.15, -0.1) is 0 Å². The summed E-state index contributed by atoms with van der Waals surface area (Å²) in [5, 5.41) is 3.87. The molecule has 0 fully saturated rings. The van der Waals surface area contributed by atoms with Crippen molar-refractivity contribution in [3.63, 3.8) is 0 Å². The molecule has 2 aromatic carbocycles. The van der Waals surface area contributed by atoms with Gasteiger partial charge in [-0.25, -0.2) is 5.43 Å². The molecule has 2 aromatic rings. The highest BCUT2D eigenvalue weighted by Gasteiger charge is 2.11. The van der Waals surface area contributed by atoms with Gasteiger partial charge in [-0.1, -0.05) is 13.8 Å². The van der Waals surface area contributed by atoms with E-state index in [1.807, 2.05) is 0 Å². The molecular formula is C21H24F2N2O4. The van der Waals surface area contributed by atoms with Crippen LogP contribution in [-0.2, 0) is 0 Å². The van der Waals surface area contributed by atoms with Crippen LogP contribution in [0.15, 0.2) is 47.6 Å². The van der Waals surface area contributed by atoms with Gasteiger partial charge in [0.1, 0.15) is 5.75 Å². The van der Waals surface area contributed by atoms with Crippen molar-refractivity contribution in [2.75, 3.05) is 13.7 Å². The van der Waals surface area contributed by atoms with Crippen molar-refractivity contribution < 1.29 is 27.8 Å². The number of carbonyl (C=O) groups is 1. The lowest BCUT2D eigenvalue weighted by Crippen LogP contribution is -2.17.